The Balaban J connectivity index is 1.91. The highest BCUT2D eigenvalue weighted by atomic mass is 35.5. The summed E-state index contributed by atoms with van der Waals surface area (Å²) in [4.78, 5) is 0.0829. The van der Waals surface area contributed by atoms with Gasteiger partial charge in [-0.2, -0.15) is 0 Å². The van der Waals surface area contributed by atoms with E-state index in [4.69, 9.17) is 11.6 Å². The van der Waals surface area contributed by atoms with Gasteiger partial charge in [0.15, 0.2) is 9.84 Å². The van der Waals surface area contributed by atoms with E-state index in [0.29, 0.717) is 12.8 Å². The van der Waals surface area contributed by atoms with Gasteiger partial charge in [-0.3, -0.25) is 4.72 Å². The van der Waals surface area contributed by atoms with E-state index in [1.807, 2.05) is 0 Å². The third kappa shape index (κ3) is 3.83. The van der Waals surface area contributed by atoms with E-state index < -0.39 is 19.9 Å². The first-order valence-corrected chi connectivity index (χ1v) is 11.3. The van der Waals surface area contributed by atoms with Crippen molar-refractivity contribution in [2.75, 3.05) is 4.72 Å². The Bertz CT molecular complexity index is 981. The summed E-state index contributed by atoms with van der Waals surface area (Å²) in [6, 6.07) is 12.0. The summed E-state index contributed by atoms with van der Waals surface area (Å²) >= 11 is 5.95. The second-order valence-corrected chi connectivity index (χ2v) is 10.3. The van der Waals surface area contributed by atoms with Crippen molar-refractivity contribution < 1.29 is 16.8 Å². The van der Waals surface area contributed by atoms with Crippen LogP contribution < -0.4 is 4.72 Å². The van der Waals surface area contributed by atoms with Crippen LogP contribution >= 0.6 is 11.6 Å². The van der Waals surface area contributed by atoms with Gasteiger partial charge in [0, 0.05) is 0 Å². The fourth-order valence-electron chi connectivity index (χ4n) is 3.00. The molecule has 2 aromatic carbocycles. The second-order valence-electron chi connectivity index (χ2n) is 6.02. The molecule has 134 valence electrons. The molecule has 0 heterocycles. The summed E-state index contributed by atoms with van der Waals surface area (Å²) < 4.78 is 52.7. The summed E-state index contributed by atoms with van der Waals surface area (Å²) in [6.07, 6.45) is 3.11. The minimum atomic E-state index is -3.90. The van der Waals surface area contributed by atoms with E-state index in [9.17, 15) is 16.8 Å². The van der Waals surface area contributed by atoms with Crippen LogP contribution in [0.15, 0.2) is 58.3 Å². The summed E-state index contributed by atoms with van der Waals surface area (Å²) in [5.41, 5.74) is 0.194. The molecule has 5 nitrogen and oxygen atoms in total. The highest BCUT2D eigenvalue weighted by molar-refractivity contribution is 7.93. The maximum Gasteiger partial charge on any atom is 0.263 e. The van der Waals surface area contributed by atoms with Crippen molar-refractivity contribution >= 4 is 37.1 Å². The van der Waals surface area contributed by atoms with Crippen LogP contribution in [0.2, 0.25) is 5.02 Å². The molecule has 0 atom stereocenters. The Labute approximate surface area is 153 Å². The quantitative estimate of drug-likeness (QED) is 0.827. The van der Waals surface area contributed by atoms with E-state index >= 15 is 0 Å². The number of hydrogen-bond donors (Lipinski definition) is 1. The summed E-state index contributed by atoms with van der Waals surface area (Å²) in [7, 11) is -7.35. The van der Waals surface area contributed by atoms with E-state index in [-0.39, 0.29) is 25.8 Å². The minimum Gasteiger partial charge on any atom is -0.280 e. The Hall–Kier alpha value is -1.57. The Morgan fingerprint density at radius 3 is 2.28 bits per heavy atom. The van der Waals surface area contributed by atoms with Crippen molar-refractivity contribution in [1.82, 2.24) is 0 Å². The van der Waals surface area contributed by atoms with Gasteiger partial charge >= 0.3 is 0 Å². The molecule has 1 fully saturated rings. The topological polar surface area (TPSA) is 80.3 Å². The molecule has 0 saturated heterocycles. The molecule has 1 saturated carbocycles. The van der Waals surface area contributed by atoms with Gasteiger partial charge in [0.05, 0.1) is 20.9 Å². The molecule has 0 aromatic heterocycles. The number of benzene rings is 2. The molecule has 1 aliphatic rings. The molecule has 0 radical (unpaired) electrons. The van der Waals surface area contributed by atoms with Crippen LogP contribution in [0.5, 0.6) is 0 Å². The molecule has 8 heteroatoms. The standard InChI is InChI=1S/C17H18ClNO4S2/c18-16-10-3-4-11-17(16)25(22,23)19-13-6-5-9-15(12-13)24(20,21)14-7-1-2-8-14/h3-6,9-12,14,19H,1-2,7-8H2. The monoisotopic (exact) mass is 399 g/mol. The average Bonchev–Trinajstić information content (AvgIpc) is 3.10. The molecule has 0 amide bonds. The maximum absolute atomic E-state index is 12.7. The predicted octanol–water partition coefficient (Wildman–Crippen LogP) is 3.86. The first-order valence-electron chi connectivity index (χ1n) is 7.92. The van der Waals surface area contributed by atoms with E-state index in [0.717, 1.165) is 12.8 Å². The van der Waals surface area contributed by atoms with Gasteiger partial charge in [0.1, 0.15) is 4.90 Å². The lowest BCUT2D eigenvalue weighted by Gasteiger charge is -2.13. The summed E-state index contributed by atoms with van der Waals surface area (Å²) in [5.74, 6) is 0. The highest BCUT2D eigenvalue weighted by Gasteiger charge is 2.30. The zero-order valence-electron chi connectivity index (χ0n) is 13.4. The molecular weight excluding hydrogens is 382 g/mol. The van der Waals surface area contributed by atoms with Crippen molar-refractivity contribution in [1.29, 1.82) is 0 Å². The van der Waals surface area contributed by atoms with Gasteiger partial charge in [0.25, 0.3) is 10.0 Å². The first kappa shape index (κ1) is 18.2. The van der Waals surface area contributed by atoms with Crippen molar-refractivity contribution in [3.05, 3.63) is 53.6 Å². The number of nitrogens with one attached hydrogen (secondary N) is 1. The Morgan fingerprint density at radius 2 is 1.60 bits per heavy atom. The van der Waals surface area contributed by atoms with Gasteiger partial charge in [-0.25, -0.2) is 16.8 Å². The predicted molar refractivity (Wildman–Crippen MR) is 98.1 cm³/mol. The van der Waals surface area contributed by atoms with Crippen molar-refractivity contribution in [3.8, 4) is 0 Å². The molecule has 1 N–H and O–H groups in total. The molecule has 3 rings (SSSR count). The fraction of sp³-hybridized carbons (Fsp3) is 0.294. The molecule has 2 aromatic rings. The van der Waals surface area contributed by atoms with Crippen molar-refractivity contribution in [3.63, 3.8) is 0 Å². The largest absolute Gasteiger partial charge is 0.280 e. The molecular formula is C17H18ClNO4S2. The maximum atomic E-state index is 12.7. The van der Waals surface area contributed by atoms with E-state index in [2.05, 4.69) is 4.72 Å². The third-order valence-electron chi connectivity index (χ3n) is 4.28. The number of sulfone groups is 1. The number of sulfonamides is 1. The second kappa shape index (κ2) is 6.97. The van der Waals surface area contributed by atoms with Crippen LogP contribution in [0.3, 0.4) is 0 Å². The van der Waals surface area contributed by atoms with Gasteiger partial charge in [0.2, 0.25) is 0 Å². The average molecular weight is 400 g/mol. The van der Waals surface area contributed by atoms with Gasteiger partial charge in [-0.1, -0.05) is 42.6 Å². The normalized spacial score (nSPS) is 16.0. The zero-order chi connectivity index (χ0) is 18.1. The molecule has 1 aliphatic carbocycles. The Kier molecular flexibility index (Phi) is 5.09. The van der Waals surface area contributed by atoms with Crippen LogP contribution in [-0.2, 0) is 19.9 Å². The van der Waals surface area contributed by atoms with E-state index in [1.54, 1.807) is 12.1 Å². The minimum absolute atomic E-state index is 0.0549. The van der Waals surface area contributed by atoms with E-state index in [1.165, 1.54) is 36.4 Å². The molecule has 0 spiro atoms. The molecule has 25 heavy (non-hydrogen) atoms. The number of rotatable bonds is 5. The number of anilines is 1. The van der Waals surface area contributed by atoms with Crippen LogP contribution in [0.25, 0.3) is 0 Å². The number of halogens is 1. The van der Waals surface area contributed by atoms with Gasteiger partial charge in [-0.05, 0) is 43.2 Å². The van der Waals surface area contributed by atoms with Gasteiger partial charge < -0.3 is 0 Å². The first-order chi connectivity index (χ1) is 11.8. The van der Waals surface area contributed by atoms with Crippen LogP contribution in [0.1, 0.15) is 25.7 Å². The van der Waals surface area contributed by atoms with Crippen LogP contribution in [-0.4, -0.2) is 22.1 Å². The highest BCUT2D eigenvalue weighted by Crippen LogP contribution is 2.31. The number of hydrogen-bond acceptors (Lipinski definition) is 4. The smallest absolute Gasteiger partial charge is 0.263 e. The lowest BCUT2D eigenvalue weighted by atomic mass is 10.3. The fourth-order valence-corrected chi connectivity index (χ4v) is 6.47. The van der Waals surface area contributed by atoms with Crippen molar-refractivity contribution in [2.24, 2.45) is 0 Å². The zero-order valence-corrected chi connectivity index (χ0v) is 15.7. The van der Waals surface area contributed by atoms with Crippen LogP contribution in [0, 0.1) is 0 Å². The lowest BCUT2D eigenvalue weighted by Crippen LogP contribution is -2.18. The summed E-state index contributed by atoms with van der Waals surface area (Å²) in [5, 5.41) is -0.285. The molecule has 0 bridgehead atoms. The van der Waals surface area contributed by atoms with Crippen molar-refractivity contribution in [2.45, 2.75) is 40.7 Å². The summed E-state index contributed by atoms with van der Waals surface area (Å²) in [6.45, 7) is 0. The third-order valence-corrected chi connectivity index (χ3v) is 8.42. The lowest BCUT2D eigenvalue weighted by molar-refractivity contribution is 0.579. The van der Waals surface area contributed by atoms with Crippen LogP contribution in [0.4, 0.5) is 5.69 Å². The Morgan fingerprint density at radius 1 is 0.920 bits per heavy atom. The molecule has 0 unspecified atom stereocenters. The molecule has 0 aliphatic heterocycles. The van der Waals surface area contributed by atoms with Gasteiger partial charge in [-0.15, -0.1) is 0 Å². The SMILES string of the molecule is O=S(=O)(Nc1cccc(S(=O)(=O)C2CCCC2)c1)c1ccccc1Cl.